The SMILES string of the molecule is Cc1nnc(NC(=O)CCSc2nc(-c3ccco3)c(-c3ccco3)[nH]2)s1. The van der Waals surface area contributed by atoms with Gasteiger partial charge in [0.2, 0.25) is 11.0 Å². The van der Waals surface area contributed by atoms with Gasteiger partial charge in [-0.2, -0.15) is 0 Å². The molecule has 0 spiro atoms. The zero-order valence-corrected chi connectivity index (χ0v) is 15.9. The number of hydrogen-bond donors (Lipinski definition) is 2. The van der Waals surface area contributed by atoms with Crippen molar-refractivity contribution in [2.45, 2.75) is 18.5 Å². The van der Waals surface area contributed by atoms with Gasteiger partial charge in [0.15, 0.2) is 16.7 Å². The molecule has 27 heavy (non-hydrogen) atoms. The van der Waals surface area contributed by atoms with Crippen LogP contribution in [0.4, 0.5) is 5.13 Å². The van der Waals surface area contributed by atoms with E-state index in [1.807, 2.05) is 31.2 Å². The number of rotatable bonds is 7. The second kappa shape index (κ2) is 7.80. The maximum absolute atomic E-state index is 12.0. The minimum Gasteiger partial charge on any atom is -0.463 e. The zero-order chi connectivity index (χ0) is 18.6. The number of anilines is 1. The molecule has 10 heteroatoms. The molecule has 8 nitrogen and oxygen atoms in total. The zero-order valence-electron chi connectivity index (χ0n) is 14.3. The van der Waals surface area contributed by atoms with Crippen molar-refractivity contribution in [3.05, 3.63) is 41.8 Å². The summed E-state index contributed by atoms with van der Waals surface area (Å²) in [7, 11) is 0. The smallest absolute Gasteiger partial charge is 0.227 e. The molecule has 4 aromatic rings. The Morgan fingerprint density at radius 1 is 1.22 bits per heavy atom. The Labute approximate surface area is 162 Å². The molecule has 0 aliphatic rings. The molecule has 2 N–H and O–H groups in total. The number of imidazole rings is 1. The topological polar surface area (TPSA) is 110 Å². The largest absolute Gasteiger partial charge is 0.463 e. The molecule has 0 bridgehead atoms. The standard InChI is InChI=1S/C17H15N5O3S2/c1-10-21-22-17(27-10)18-13(23)6-9-26-16-19-14(11-4-2-7-24-11)15(20-16)12-5-3-8-25-12/h2-5,7-8H,6,9H2,1H3,(H,19,20)(H,18,22,23). The summed E-state index contributed by atoms with van der Waals surface area (Å²) >= 11 is 2.80. The third-order valence-corrected chi connectivity index (χ3v) is 5.17. The number of nitrogens with one attached hydrogen (secondary N) is 2. The molecule has 4 aromatic heterocycles. The molecule has 138 valence electrons. The van der Waals surface area contributed by atoms with Gasteiger partial charge in [-0.25, -0.2) is 4.98 Å². The first-order valence-electron chi connectivity index (χ1n) is 8.09. The number of hydrogen-bond acceptors (Lipinski definition) is 8. The van der Waals surface area contributed by atoms with Crippen LogP contribution in [0.15, 0.2) is 50.8 Å². The maximum atomic E-state index is 12.0. The van der Waals surface area contributed by atoms with E-state index < -0.39 is 0 Å². The van der Waals surface area contributed by atoms with Gasteiger partial charge < -0.3 is 19.1 Å². The van der Waals surface area contributed by atoms with Crippen LogP contribution in [0.5, 0.6) is 0 Å². The third-order valence-electron chi connectivity index (χ3n) is 3.54. The van der Waals surface area contributed by atoms with Gasteiger partial charge >= 0.3 is 0 Å². The fourth-order valence-corrected chi connectivity index (χ4v) is 3.80. The highest BCUT2D eigenvalue weighted by atomic mass is 32.2. The lowest BCUT2D eigenvalue weighted by Gasteiger charge is -1.99. The van der Waals surface area contributed by atoms with Crippen molar-refractivity contribution in [3.8, 4) is 22.9 Å². The Hall–Kier alpha value is -2.85. The number of carbonyl (C=O) groups is 1. The molecular weight excluding hydrogens is 386 g/mol. The first-order chi connectivity index (χ1) is 13.2. The summed E-state index contributed by atoms with van der Waals surface area (Å²) in [6.07, 6.45) is 3.53. The van der Waals surface area contributed by atoms with Crippen molar-refractivity contribution in [3.63, 3.8) is 0 Å². The number of aryl methyl sites for hydroxylation is 1. The quantitative estimate of drug-likeness (QED) is 0.446. The van der Waals surface area contributed by atoms with E-state index in [2.05, 4.69) is 25.5 Å². The van der Waals surface area contributed by atoms with E-state index in [0.717, 1.165) is 10.7 Å². The Balaban J connectivity index is 1.42. The third kappa shape index (κ3) is 4.12. The van der Waals surface area contributed by atoms with Crippen molar-refractivity contribution >= 4 is 34.1 Å². The van der Waals surface area contributed by atoms with Crippen LogP contribution >= 0.6 is 23.1 Å². The molecule has 4 heterocycles. The summed E-state index contributed by atoms with van der Waals surface area (Å²) < 4.78 is 11.0. The maximum Gasteiger partial charge on any atom is 0.227 e. The second-order valence-electron chi connectivity index (χ2n) is 5.49. The van der Waals surface area contributed by atoms with Crippen LogP contribution < -0.4 is 5.32 Å². The van der Waals surface area contributed by atoms with E-state index in [0.29, 0.717) is 39.7 Å². The fourth-order valence-electron chi connectivity index (χ4n) is 2.38. The molecule has 0 saturated carbocycles. The molecular formula is C17H15N5O3S2. The summed E-state index contributed by atoms with van der Waals surface area (Å²) in [5.41, 5.74) is 1.41. The van der Waals surface area contributed by atoms with Gasteiger partial charge in [-0.15, -0.1) is 10.2 Å². The van der Waals surface area contributed by atoms with Crippen LogP contribution in [0.3, 0.4) is 0 Å². The second-order valence-corrected chi connectivity index (χ2v) is 7.76. The highest BCUT2D eigenvalue weighted by Crippen LogP contribution is 2.33. The number of H-pyrrole nitrogens is 1. The van der Waals surface area contributed by atoms with Gasteiger partial charge in [0, 0.05) is 12.2 Å². The molecule has 0 radical (unpaired) electrons. The van der Waals surface area contributed by atoms with Crippen LogP contribution in [0.1, 0.15) is 11.4 Å². The molecule has 1 amide bonds. The van der Waals surface area contributed by atoms with E-state index in [-0.39, 0.29) is 5.91 Å². The van der Waals surface area contributed by atoms with Gasteiger partial charge in [-0.1, -0.05) is 23.1 Å². The van der Waals surface area contributed by atoms with Crippen molar-refractivity contribution in [1.29, 1.82) is 0 Å². The molecule has 4 rings (SSSR count). The van der Waals surface area contributed by atoms with Gasteiger partial charge in [0.25, 0.3) is 0 Å². The van der Waals surface area contributed by atoms with E-state index in [9.17, 15) is 4.79 Å². The lowest BCUT2D eigenvalue weighted by atomic mass is 10.2. The van der Waals surface area contributed by atoms with Crippen molar-refractivity contribution in [2.24, 2.45) is 0 Å². The van der Waals surface area contributed by atoms with E-state index in [1.165, 1.54) is 23.1 Å². The van der Waals surface area contributed by atoms with Gasteiger partial charge in [-0.3, -0.25) is 4.79 Å². The number of aromatic amines is 1. The molecule has 0 aliphatic heterocycles. The Morgan fingerprint density at radius 2 is 2.00 bits per heavy atom. The number of carbonyl (C=O) groups excluding carboxylic acids is 1. The highest BCUT2D eigenvalue weighted by Gasteiger charge is 2.18. The summed E-state index contributed by atoms with van der Waals surface area (Å²) in [5, 5.41) is 12.5. The van der Waals surface area contributed by atoms with Crippen molar-refractivity contribution < 1.29 is 13.6 Å². The molecule has 0 aromatic carbocycles. The number of nitrogens with zero attached hydrogens (tertiary/aromatic N) is 3. The molecule has 0 fully saturated rings. The van der Waals surface area contributed by atoms with Gasteiger partial charge in [0.05, 0.1) is 12.5 Å². The first kappa shape index (κ1) is 17.6. The monoisotopic (exact) mass is 401 g/mol. The average molecular weight is 401 g/mol. The van der Waals surface area contributed by atoms with Gasteiger partial charge in [0.1, 0.15) is 16.4 Å². The predicted octanol–water partition coefficient (Wildman–Crippen LogP) is 4.21. The number of furan rings is 2. The fraction of sp³-hybridized carbons (Fsp3) is 0.176. The lowest BCUT2D eigenvalue weighted by Crippen LogP contribution is -2.12. The summed E-state index contributed by atoms with van der Waals surface area (Å²) in [5.74, 6) is 1.77. The van der Waals surface area contributed by atoms with Crippen molar-refractivity contribution in [1.82, 2.24) is 20.2 Å². The average Bonchev–Trinajstić information content (AvgIpc) is 3.42. The Kier molecular flexibility index (Phi) is 5.07. The van der Waals surface area contributed by atoms with Crippen LogP contribution in [-0.4, -0.2) is 31.8 Å². The van der Waals surface area contributed by atoms with Crippen molar-refractivity contribution in [2.75, 3.05) is 11.1 Å². The van der Waals surface area contributed by atoms with Crippen LogP contribution in [0.2, 0.25) is 0 Å². The normalized spacial score (nSPS) is 11.0. The summed E-state index contributed by atoms with van der Waals surface area (Å²) in [6, 6.07) is 7.32. The first-order valence-corrected chi connectivity index (χ1v) is 9.90. The molecule has 0 atom stereocenters. The number of aromatic nitrogens is 4. The van der Waals surface area contributed by atoms with E-state index >= 15 is 0 Å². The Bertz CT molecular complexity index is 970. The minimum atomic E-state index is -0.109. The lowest BCUT2D eigenvalue weighted by molar-refractivity contribution is -0.115. The van der Waals surface area contributed by atoms with Gasteiger partial charge in [-0.05, 0) is 31.2 Å². The summed E-state index contributed by atoms with van der Waals surface area (Å²) in [6.45, 7) is 1.84. The number of amides is 1. The highest BCUT2D eigenvalue weighted by molar-refractivity contribution is 7.99. The molecule has 0 saturated heterocycles. The number of thioether (sulfide) groups is 1. The van der Waals surface area contributed by atoms with E-state index in [4.69, 9.17) is 8.83 Å². The van der Waals surface area contributed by atoms with Crippen LogP contribution in [0, 0.1) is 6.92 Å². The van der Waals surface area contributed by atoms with Crippen LogP contribution in [0.25, 0.3) is 22.9 Å². The minimum absolute atomic E-state index is 0.109. The van der Waals surface area contributed by atoms with E-state index in [1.54, 1.807) is 12.5 Å². The Morgan fingerprint density at radius 3 is 2.67 bits per heavy atom. The van der Waals surface area contributed by atoms with Crippen LogP contribution in [-0.2, 0) is 4.79 Å². The molecule has 0 aliphatic carbocycles. The predicted molar refractivity (Wildman–Crippen MR) is 103 cm³/mol. The molecule has 0 unspecified atom stereocenters. The summed E-state index contributed by atoms with van der Waals surface area (Å²) in [4.78, 5) is 19.9.